The van der Waals surface area contributed by atoms with Gasteiger partial charge in [0.1, 0.15) is 4.32 Å². The lowest BCUT2D eigenvalue weighted by atomic mass is 10.2. The number of hydrogen-bond acceptors (Lipinski definition) is 6. The first-order valence-electron chi connectivity index (χ1n) is 8.39. The van der Waals surface area contributed by atoms with Gasteiger partial charge in [-0.3, -0.25) is 30.1 Å². The quantitative estimate of drug-likeness (QED) is 0.365. The Labute approximate surface area is 166 Å². The summed E-state index contributed by atoms with van der Waals surface area (Å²) >= 11 is 6.46. The van der Waals surface area contributed by atoms with Gasteiger partial charge in [-0.05, 0) is 25.0 Å². The van der Waals surface area contributed by atoms with Gasteiger partial charge in [0.05, 0.1) is 5.75 Å². The summed E-state index contributed by atoms with van der Waals surface area (Å²) in [6.07, 6.45) is 2.37. The predicted molar refractivity (Wildman–Crippen MR) is 103 cm³/mol. The van der Waals surface area contributed by atoms with Crippen LogP contribution in [0.25, 0.3) is 0 Å². The van der Waals surface area contributed by atoms with Crippen LogP contribution in [0.5, 0.6) is 5.75 Å². The van der Waals surface area contributed by atoms with E-state index in [1.807, 2.05) is 0 Å². The first-order chi connectivity index (χ1) is 13.0. The van der Waals surface area contributed by atoms with E-state index in [-0.39, 0.29) is 24.0 Å². The number of carbonyl (C=O) groups excluding carboxylic acids is 3. The molecule has 1 aromatic carbocycles. The summed E-state index contributed by atoms with van der Waals surface area (Å²) < 4.78 is 19.0. The zero-order chi connectivity index (χ0) is 19.6. The standard InChI is InChI=1S/C17H20FN3O4S2/c18-12-6-3-4-7-13(12)25-10-15(23)20-19-14(22)8-2-1-5-9-21-16(24)11-27-17(21)26/h3-4,6-7H,1-2,5,8-11H2,(H,19,22)(H,20,23). The van der Waals surface area contributed by atoms with Crippen molar-refractivity contribution < 1.29 is 23.5 Å². The summed E-state index contributed by atoms with van der Waals surface area (Å²) in [5.41, 5.74) is 4.49. The van der Waals surface area contributed by atoms with E-state index in [9.17, 15) is 18.8 Å². The van der Waals surface area contributed by atoms with Gasteiger partial charge in [0.25, 0.3) is 5.91 Å². The molecule has 10 heteroatoms. The van der Waals surface area contributed by atoms with Crippen LogP contribution in [0.1, 0.15) is 25.7 Å². The van der Waals surface area contributed by atoms with E-state index >= 15 is 0 Å². The van der Waals surface area contributed by atoms with E-state index in [1.165, 1.54) is 30.0 Å². The molecule has 1 saturated heterocycles. The van der Waals surface area contributed by atoms with Gasteiger partial charge < -0.3 is 4.74 Å². The Bertz CT molecular complexity index is 701. The molecule has 1 aliphatic rings. The van der Waals surface area contributed by atoms with Crippen molar-refractivity contribution in [2.45, 2.75) is 25.7 Å². The second-order valence-corrected chi connectivity index (χ2v) is 7.34. The van der Waals surface area contributed by atoms with Crippen molar-refractivity contribution in [2.75, 3.05) is 18.9 Å². The average Bonchev–Trinajstić information content (AvgIpc) is 2.97. The largest absolute Gasteiger partial charge is 0.481 e. The molecule has 2 N–H and O–H groups in total. The topological polar surface area (TPSA) is 87.7 Å². The van der Waals surface area contributed by atoms with E-state index in [1.54, 1.807) is 11.0 Å². The SMILES string of the molecule is O=C(CCCCCN1C(=O)CSC1=S)NNC(=O)COc1ccccc1F. The molecule has 0 saturated carbocycles. The van der Waals surface area contributed by atoms with Crippen LogP contribution in [0.3, 0.4) is 0 Å². The van der Waals surface area contributed by atoms with Crippen LogP contribution in [-0.2, 0) is 14.4 Å². The molecule has 2 rings (SSSR count). The molecule has 1 fully saturated rings. The van der Waals surface area contributed by atoms with Gasteiger partial charge in [-0.25, -0.2) is 4.39 Å². The highest BCUT2D eigenvalue weighted by atomic mass is 32.2. The lowest BCUT2D eigenvalue weighted by Crippen LogP contribution is -2.43. The number of nitrogens with zero attached hydrogens (tertiary/aromatic N) is 1. The Balaban J connectivity index is 1.53. The highest BCUT2D eigenvalue weighted by Gasteiger charge is 2.25. The molecule has 0 aromatic heterocycles. The van der Waals surface area contributed by atoms with Crippen LogP contribution in [0.2, 0.25) is 0 Å². The number of hydrogen-bond donors (Lipinski definition) is 2. The van der Waals surface area contributed by atoms with Crippen molar-refractivity contribution in [1.29, 1.82) is 0 Å². The van der Waals surface area contributed by atoms with Crippen LogP contribution in [-0.4, -0.2) is 45.8 Å². The maximum atomic E-state index is 13.3. The Hall–Kier alpha value is -2.20. The minimum Gasteiger partial charge on any atom is -0.481 e. The predicted octanol–water partition coefficient (Wildman–Crippen LogP) is 1.77. The molecule has 0 radical (unpaired) electrons. The van der Waals surface area contributed by atoms with Crippen molar-refractivity contribution in [3.8, 4) is 5.75 Å². The summed E-state index contributed by atoms with van der Waals surface area (Å²) in [6, 6.07) is 5.73. The molecule has 3 amide bonds. The van der Waals surface area contributed by atoms with Gasteiger partial charge in [-0.15, -0.1) is 0 Å². The molecule has 1 aliphatic heterocycles. The van der Waals surface area contributed by atoms with Crippen molar-refractivity contribution in [1.82, 2.24) is 15.8 Å². The van der Waals surface area contributed by atoms with Crippen LogP contribution in [0, 0.1) is 5.82 Å². The minimum atomic E-state index is -0.592. The molecule has 0 atom stereocenters. The molecule has 1 aromatic rings. The summed E-state index contributed by atoms with van der Waals surface area (Å²) in [6.45, 7) is 0.152. The third-order valence-electron chi connectivity index (χ3n) is 3.66. The third-order valence-corrected chi connectivity index (χ3v) is 5.10. The minimum absolute atomic E-state index is 0.0306. The molecular weight excluding hydrogens is 393 g/mol. The number of nitrogens with one attached hydrogen (secondary N) is 2. The first kappa shape index (κ1) is 21.1. The van der Waals surface area contributed by atoms with Crippen molar-refractivity contribution >= 4 is 46.0 Å². The summed E-state index contributed by atoms with van der Waals surface area (Å²) in [5, 5.41) is 0. The molecule has 0 spiro atoms. The summed E-state index contributed by atoms with van der Waals surface area (Å²) in [5.74, 6) is -1.09. The summed E-state index contributed by atoms with van der Waals surface area (Å²) in [4.78, 5) is 36.4. The van der Waals surface area contributed by atoms with Gasteiger partial charge in [0, 0.05) is 13.0 Å². The van der Waals surface area contributed by atoms with Crippen LogP contribution < -0.4 is 15.6 Å². The molecular formula is C17H20FN3O4S2. The zero-order valence-corrected chi connectivity index (χ0v) is 16.2. The number of unbranched alkanes of at least 4 members (excludes halogenated alkanes) is 2. The van der Waals surface area contributed by atoms with E-state index in [0.29, 0.717) is 23.0 Å². The fraction of sp³-hybridized carbons (Fsp3) is 0.412. The smallest absolute Gasteiger partial charge is 0.276 e. The van der Waals surface area contributed by atoms with Crippen molar-refractivity contribution in [2.24, 2.45) is 0 Å². The number of carbonyl (C=O) groups is 3. The highest BCUT2D eigenvalue weighted by Crippen LogP contribution is 2.19. The lowest BCUT2D eigenvalue weighted by molar-refractivity contribution is -0.130. The van der Waals surface area contributed by atoms with E-state index in [4.69, 9.17) is 17.0 Å². The summed E-state index contributed by atoms with van der Waals surface area (Å²) in [7, 11) is 0. The number of amides is 3. The van der Waals surface area contributed by atoms with E-state index < -0.39 is 18.3 Å². The van der Waals surface area contributed by atoms with Gasteiger partial charge in [0.2, 0.25) is 11.8 Å². The van der Waals surface area contributed by atoms with Crippen LogP contribution in [0.15, 0.2) is 24.3 Å². The number of ether oxygens (including phenoxy) is 1. The molecule has 1 heterocycles. The normalized spacial score (nSPS) is 13.6. The molecule has 27 heavy (non-hydrogen) atoms. The fourth-order valence-corrected chi connectivity index (χ4v) is 3.39. The van der Waals surface area contributed by atoms with Gasteiger partial charge >= 0.3 is 0 Å². The molecule has 146 valence electrons. The second kappa shape index (κ2) is 10.8. The van der Waals surface area contributed by atoms with Crippen molar-refractivity contribution in [3.05, 3.63) is 30.1 Å². The van der Waals surface area contributed by atoms with E-state index in [0.717, 1.165) is 12.8 Å². The fourth-order valence-electron chi connectivity index (χ4n) is 2.27. The molecule has 0 unspecified atom stereocenters. The number of benzene rings is 1. The van der Waals surface area contributed by atoms with Crippen molar-refractivity contribution in [3.63, 3.8) is 0 Å². The van der Waals surface area contributed by atoms with Gasteiger partial charge in [-0.1, -0.05) is 42.5 Å². The maximum Gasteiger partial charge on any atom is 0.276 e. The Kier molecular flexibility index (Phi) is 8.46. The van der Waals surface area contributed by atoms with Crippen LogP contribution >= 0.6 is 24.0 Å². The number of para-hydroxylation sites is 1. The molecule has 0 bridgehead atoms. The number of halogens is 1. The number of rotatable bonds is 9. The lowest BCUT2D eigenvalue weighted by Gasteiger charge is -2.14. The molecule has 7 nitrogen and oxygen atoms in total. The highest BCUT2D eigenvalue weighted by molar-refractivity contribution is 8.23. The number of thiocarbonyl (C=S) groups is 1. The number of thioether (sulfide) groups is 1. The Morgan fingerprint density at radius 2 is 1.93 bits per heavy atom. The van der Waals surface area contributed by atoms with Gasteiger partial charge in [0.15, 0.2) is 18.2 Å². The molecule has 0 aliphatic carbocycles. The third kappa shape index (κ3) is 7.14. The maximum absolute atomic E-state index is 13.3. The monoisotopic (exact) mass is 413 g/mol. The Morgan fingerprint density at radius 3 is 2.63 bits per heavy atom. The Morgan fingerprint density at radius 1 is 1.19 bits per heavy atom. The van der Waals surface area contributed by atoms with Crippen LogP contribution in [0.4, 0.5) is 4.39 Å². The zero-order valence-electron chi connectivity index (χ0n) is 14.5. The van der Waals surface area contributed by atoms with Gasteiger partial charge in [-0.2, -0.15) is 0 Å². The van der Waals surface area contributed by atoms with E-state index in [2.05, 4.69) is 10.9 Å². The average molecular weight is 413 g/mol. The second-order valence-electron chi connectivity index (χ2n) is 5.73. The first-order valence-corrected chi connectivity index (χ1v) is 9.79. The number of hydrazine groups is 1.